The Labute approximate surface area is 179 Å². The highest BCUT2D eigenvalue weighted by Crippen LogP contribution is 2.30. The van der Waals surface area contributed by atoms with E-state index in [1.807, 2.05) is 30.3 Å². The van der Waals surface area contributed by atoms with E-state index in [2.05, 4.69) is 0 Å². The fraction of sp³-hybridized carbons (Fsp3) is 0.524. The van der Waals surface area contributed by atoms with Crippen LogP contribution in [0.4, 0.5) is 0 Å². The monoisotopic (exact) mass is 438 g/mol. The molecular formula is C21H26O10. The molecule has 0 bridgehead atoms. The van der Waals surface area contributed by atoms with Crippen LogP contribution in [0.2, 0.25) is 0 Å². The number of benzene rings is 1. The van der Waals surface area contributed by atoms with Crippen molar-refractivity contribution in [3.8, 4) is 0 Å². The van der Waals surface area contributed by atoms with E-state index in [0.717, 1.165) is 26.3 Å². The maximum Gasteiger partial charge on any atom is 0.305 e. The molecule has 0 N–H and O–H groups in total. The lowest BCUT2D eigenvalue weighted by Crippen LogP contribution is -2.63. The van der Waals surface area contributed by atoms with Gasteiger partial charge in [-0.15, -0.1) is 0 Å². The first-order chi connectivity index (χ1) is 14.7. The zero-order valence-corrected chi connectivity index (χ0v) is 17.8. The predicted molar refractivity (Wildman–Crippen MR) is 103 cm³/mol. The van der Waals surface area contributed by atoms with Crippen LogP contribution in [-0.4, -0.2) is 61.2 Å². The SMILES string of the molecule is CC(=O)OC1O[C@H](COCc2ccccc2)[C@@H](OC(C)=O)[C@H](OC(C)=O)[C@H]1OC(C)=O. The molecule has 10 heteroatoms. The summed E-state index contributed by atoms with van der Waals surface area (Å²) in [6, 6.07) is 9.31. The summed E-state index contributed by atoms with van der Waals surface area (Å²) in [6.07, 6.45) is -6.18. The number of carbonyl (C=O) groups is 4. The molecule has 0 aliphatic carbocycles. The van der Waals surface area contributed by atoms with Gasteiger partial charge < -0.3 is 28.4 Å². The first kappa shape index (κ1) is 24.3. The van der Waals surface area contributed by atoms with Crippen LogP contribution < -0.4 is 0 Å². The van der Waals surface area contributed by atoms with Gasteiger partial charge in [-0.1, -0.05) is 30.3 Å². The molecular weight excluding hydrogens is 412 g/mol. The van der Waals surface area contributed by atoms with Gasteiger partial charge in [0, 0.05) is 27.7 Å². The second-order valence-electron chi connectivity index (χ2n) is 6.88. The van der Waals surface area contributed by atoms with E-state index in [-0.39, 0.29) is 13.2 Å². The summed E-state index contributed by atoms with van der Waals surface area (Å²) >= 11 is 0. The molecule has 1 saturated heterocycles. The lowest BCUT2D eigenvalue weighted by Gasteiger charge is -2.43. The van der Waals surface area contributed by atoms with E-state index >= 15 is 0 Å². The van der Waals surface area contributed by atoms with E-state index in [1.54, 1.807) is 0 Å². The molecule has 5 atom stereocenters. The Kier molecular flexibility index (Phi) is 8.95. The molecule has 1 aromatic rings. The molecule has 1 aliphatic heterocycles. The van der Waals surface area contributed by atoms with Crippen LogP contribution in [0.5, 0.6) is 0 Å². The van der Waals surface area contributed by atoms with Gasteiger partial charge >= 0.3 is 23.9 Å². The Hall–Kier alpha value is -2.98. The third-order valence-corrected chi connectivity index (χ3v) is 4.17. The zero-order valence-electron chi connectivity index (χ0n) is 17.8. The predicted octanol–water partition coefficient (Wildman–Crippen LogP) is 1.29. The summed E-state index contributed by atoms with van der Waals surface area (Å²) in [5.74, 6) is -2.83. The van der Waals surface area contributed by atoms with Gasteiger partial charge in [-0.2, -0.15) is 0 Å². The van der Waals surface area contributed by atoms with Crippen molar-refractivity contribution in [1.82, 2.24) is 0 Å². The molecule has 2 rings (SSSR count). The van der Waals surface area contributed by atoms with E-state index in [0.29, 0.717) is 0 Å². The van der Waals surface area contributed by atoms with Crippen molar-refractivity contribution in [2.24, 2.45) is 0 Å². The molecule has 1 aromatic carbocycles. The summed E-state index contributed by atoms with van der Waals surface area (Å²) in [4.78, 5) is 46.6. The lowest BCUT2D eigenvalue weighted by molar-refractivity contribution is -0.301. The van der Waals surface area contributed by atoms with Crippen molar-refractivity contribution in [2.75, 3.05) is 6.61 Å². The third kappa shape index (κ3) is 7.65. The molecule has 10 nitrogen and oxygen atoms in total. The highest BCUT2D eigenvalue weighted by atomic mass is 16.7. The van der Waals surface area contributed by atoms with Gasteiger partial charge in [-0.25, -0.2) is 0 Å². The fourth-order valence-electron chi connectivity index (χ4n) is 3.11. The van der Waals surface area contributed by atoms with Crippen LogP contribution in [0.15, 0.2) is 30.3 Å². The molecule has 0 spiro atoms. The smallest absolute Gasteiger partial charge is 0.305 e. The first-order valence-corrected chi connectivity index (χ1v) is 9.63. The zero-order chi connectivity index (χ0) is 23.0. The van der Waals surface area contributed by atoms with Crippen LogP contribution in [0, 0.1) is 0 Å². The van der Waals surface area contributed by atoms with Gasteiger partial charge in [0.2, 0.25) is 12.4 Å². The van der Waals surface area contributed by atoms with E-state index in [4.69, 9.17) is 28.4 Å². The first-order valence-electron chi connectivity index (χ1n) is 9.63. The Balaban J connectivity index is 2.28. The minimum absolute atomic E-state index is 0.0881. The number of hydrogen-bond acceptors (Lipinski definition) is 10. The second-order valence-corrected chi connectivity index (χ2v) is 6.88. The maximum absolute atomic E-state index is 11.7. The highest BCUT2D eigenvalue weighted by molar-refractivity contribution is 5.69. The van der Waals surface area contributed by atoms with Crippen molar-refractivity contribution in [3.05, 3.63) is 35.9 Å². The minimum Gasteiger partial charge on any atom is -0.456 e. The number of esters is 4. The van der Waals surface area contributed by atoms with Crippen LogP contribution in [0.25, 0.3) is 0 Å². The molecule has 0 aromatic heterocycles. The van der Waals surface area contributed by atoms with Gasteiger partial charge in [0.25, 0.3) is 0 Å². The third-order valence-electron chi connectivity index (χ3n) is 4.17. The van der Waals surface area contributed by atoms with Crippen molar-refractivity contribution >= 4 is 23.9 Å². The van der Waals surface area contributed by atoms with E-state index in [1.165, 1.54) is 6.92 Å². The summed E-state index contributed by atoms with van der Waals surface area (Å²) in [5.41, 5.74) is 0.896. The lowest BCUT2D eigenvalue weighted by atomic mass is 9.98. The molecule has 170 valence electrons. The number of hydrogen-bond donors (Lipinski definition) is 0. The number of ether oxygens (including phenoxy) is 6. The van der Waals surface area contributed by atoms with Gasteiger partial charge in [-0.05, 0) is 5.56 Å². The Morgan fingerprint density at radius 3 is 1.81 bits per heavy atom. The van der Waals surface area contributed by atoms with Gasteiger partial charge in [0.1, 0.15) is 6.10 Å². The van der Waals surface area contributed by atoms with Crippen molar-refractivity contribution < 1.29 is 47.6 Å². The topological polar surface area (TPSA) is 124 Å². The Morgan fingerprint density at radius 2 is 1.26 bits per heavy atom. The molecule has 1 unspecified atom stereocenters. The van der Waals surface area contributed by atoms with Gasteiger partial charge in [-0.3, -0.25) is 19.2 Å². The Morgan fingerprint density at radius 1 is 0.742 bits per heavy atom. The molecule has 1 aliphatic rings. The molecule has 0 saturated carbocycles. The summed E-state index contributed by atoms with van der Waals surface area (Å²) in [5, 5.41) is 0. The number of carbonyl (C=O) groups excluding carboxylic acids is 4. The maximum atomic E-state index is 11.7. The molecule has 31 heavy (non-hydrogen) atoms. The van der Waals surface area contributed by atoms with E-state index < -0.39 is 54.6 Å². The largest absolute Gasteiger partial charge is 0.456 e. The molecule has 0 amide bonds. The minimum atomic E-state index is -1.40. The quantitative estimate of drug-likeness (QED) is 0.433. The Bertz CT molecular complexity index is 778. The second kappa shape index (κ2) is 11.4. The van der Waals surface area contributed by atoms with Crippen LogP contribution >= 0.6 is 0 Å². The van der Waals surface area contributed by atoms with Gasteiger partial charge in [0.05, 0.1) is 13.2 Å². The summed E-state index contributed by atoms with van der Waals surface area (Å²) in [6.45, 7) is 4.74. The van der Waals surface area contributed by atoms with Crippen molar-refractivity contribution in [2.45, 2.75) is 65.0 Å². The molecule has 1 heterocycles. The summed E-state index contributed by atoms with van der Waals surface area (Å²) in [7, 11) is 0. The molecule has 0 radical (unpaired) electrons. The average molecular weight is 438 g/mol. The fourth-order valence-corrected chi connectivity index (χ4v) is 3.11. The average Bonchev–Trinajstić information content (AvgIpc) is 2.66. The standard InChI is InChI=1S/C21H26O10/c1-12(22)27-18-17(11-26-10-16-8-6-5-7-9-16)31-21(30-15(4)25)20(29-14(3)24)19(18)28-13(2)23/h5-9,17-21H,10-11H2,1-4H3/t17-,18-,19+,20-,21?/m1/s1. The summed E-state index contributed by atoms with van der Waals surface area (Å²) < 4.78 is 32.4. The van der Waals surface area contributed by atoms with Crippen LogP contribution in [0.3, 0.4) is 0 Å². The normalized spacial score (nSPS) is 25.2. The molecule has 1 fully saturated rings. The number of rotatable bonds is 8. The van der Waals surface area contributed by atoms with Crippen LogP contribution in [0.1, 0.15) is 33.3 Å². The van der Waals surface area contributed by atoms with Crippen LogP contribution in [-0.2, 0) is 54.2 Å². The van der Waals surface area contributed by atoms with E-state index in [9.17, 15) is 19.2 Å². The highest BCUT2D eigenvalue weighted by Gasteiger charge is 2.53. The van der Waals surface area contributed by atoms with Crippen molar-refractivity contribution in [1.29, 1.82) is 0 Å². The van der Waals surface area contributed by atoms with Crippen molar-refractivity contribution in [3.63, 3.8) is 0 Å². The van der Waals surface area contributed by atoms with Gasteiger partial charge in [0.15, 0.2) is 12.2 Å².